The highest BCUT2D eigenvalue weighted by Gasteiger charge is 2.54. The molecule has 3 aliphatic rings. The molecule has 9 rings (SSSR count). The zero-order valence-corrected chi connectivity index (χ0v) is 42.9. The Morgan fingerprint density at radius 2 is 0.919 bits per heavy atom. The van der Waals surface area contributed by atoms with E-state index in [0.29, 0.717) is 25.7 Å². The van der Waals surface area contributed by atoms with E-state index in [1.165, 1.54) is 25.3 Å². The van der Waals surface area contributed by atoms with E-state index in [4.69, 9.17) is 41.7 Å². The second-order valence-electron chi connectivity index (χ2n) is 17.9. The monoisotopic (exact) mass is 1040 g/mol. The first-order chi connectivity index (χ1) is 35.6. The summed E-state index contributed by atoms with van der Waals surface area (Å²) in [7, 11) is -0.885. The first-order valence-corrected chi connectivity index (χ1v) is 26.0. The number of ether oxygens (including phenoxy) is 2. The van der Waals surface area contributed by atoms with E-state index in [1.807, 2.05) is 158 Å². The molecule has 0 heterocycles. The van der Waals surface area contributed by atoms with E-state index in [9.17, 15) is 22.8 Å². The van der Waals surface area contributed by atoms with E-state index in [-0.39, 0.29) is 6.42 Å². The highest BCUT2D eigenvalue weighted by molar-refractivity contribution is 7.86. The fourth-order valence-corrected chi connectivity index (χ4v) is 9.10. The van der Waals surface area contributed by atoms with Gasteiger partial charge in [0.1, 0.15) is 0 Å². The van der Waals surface area contributed by atoms with Crippen molar-refractivity contribution in [3.05, 3.63) is 232 Å². The van der Waals surface area contributed by atoms with E-state index < -0.39 is 56.1 Å². The number of methoxy groups -OCH3 is 2. The minimum atomic E-state index is -3.53. The SMILES string of the molecule is C=C(c1ccccc1)c1ccccc1.COC(=O)C(Cl)C1(N=C(c2ccccc2)c2ccccc2)CC1.COC(=O)C(N=[N+]=[N-])C1(N=C(c2ccccc2)c2ccccc2)CC1.CS(=O)(=O)OC1(CC(=O)O)CC1. The van der Waals surface area contributed by atoms with E-state index in [2.05, 4.69) is 45.1 Å². The van der Waals surface area contributed by atoms with Gasteiger partial charge in [-0.15, -0.1) is 11.6 Å². The first kappa shape index (κ1) is 55.6. The molecular formula is C58H58ClN5O9S. The second-order valence-corrected chi connectivity index (χ2v) is 19.9. The van der Waals surface area contributed by atoms with Gasteiger partial charge in [-0.25, -0.2) is 0 Å². The Labute approximate surface area is 437 Å². The lowest BCUT2D eigenvalue weighted by Crippen LogP contribution is -2.34. The van der Waals surface area contributed by atoms with Crippen LogP contribution in [-0.4, -0.2) is 91.4 Å². The molecule has 16 heteroatoms. The van der Waals surface area contributed by atoms with Gasteiger partial charge in [0.2, 0.25) is 0 Å². The standard InChI is InChI=1S/C19H18ClNO2.C19H18N4O2.C14H12.C6H10O5S/c1-23-18(22)17(20)19(12-13-19)21-16(14-8-4-2-5-9-14)15-10-6-3-7-11-15;1-25-18(24)17(22-23-20)19(12-13-19)21-16(14-8-4-2-5-9-14)15-10-6-3-7-11-15;1-12(13-8-4-2-5-9-13)14-10-6-3-7-11-14;1-12(9,10)11-6(2-3-6)4-5(7)8/h2-11,17H,12-13H2,1H3;2-11,17H,12-13H2,1H3;2-11H,1H2;2-4H2,1H3,(H,7,8). The molecule has 2 unspecified atom stereocenters. The zero-order valence-electron chi connectivity index (χ0n) is 41.4. The number of nitrogens with zero attached hydrogens (tertiary/aromatic N) is 5. The van der Waals surface area contributed by atoms with Crippen LogP contribution in [0.1, 0.15) is 78.3 Å². The summed E-state index contributed by atoms with van der Waals surface area (Å²) in [6.45, 7) is 4.10. The van der Waals surface area contributed by atoms with Crippen LogP contribution >= 0.6 is 11.6 Å². The van der Waals surface area contributed by atoms with Crippen LogP contribution in [0.2, 0.25) is 0 Å². The van der Waals surface area contributed by atoms with Crippen molar-refractivity contribution in [3.63, 3.8) is 0 Å². The number of alkyl halides is 1. The Morgan fingerprint density at radius 3 is 1.19 bits per heavy atom. The molecular weight excluding hydrogens is 978 g/mol. The second kappa shape index (κ2) is 25.8. The summed E-state index contributed by atoms with van der Waals surface area (Å²) in [5.74, 6) is -2.01. The third-order valence-corrected chi connectivity index (χ3v) is 13.5. The van der Waals surface area contributed by atoms with Gasteiger partial charge in [-0.3, -0.25) is 28.6 Å². The fraction of sp³-hybridized carbons (Fsp3) is 0.259. The van der Waals surface area contributed by atoms with Crippen molar-refractivity contribution < 1.29 is 41.6 Å². The third kappa shape index (κ3) is 15.9. The van der Waals surface area contributed by atoms with Crippen molar-refractivity contribution in [3.8, 4) is 0 Å². The first-order valence-electron chi connectivity index (χ1n) is 23.7. The van der Waals surface area contributed by atoms with Crippen molar-refractivity contribution in [2.45, 2.75) is 73.0 Å². The number of aliphatic carboxylic acids is 1. The molecule has 1 N–H and O–H groups in total. The average Bonchev–Trinajstić information content (AvgIpc) is 4.37. The van der Waals surface area contributed by atoms with Crippen molar-refractivity contribution in [2.75, 3.05) is 20.5 Å². The summed E-state index contributed by atoms with van der Waals surface area (Å²) in [6.07, 6.45) is 4.64. The minimum absolute atomic E-state index is 0.236. The molecule has 74 heavy (non-hydrogen) atoms. The molecule has 0 radical (unpaired) electrons. The van der Waals surface area contributed by atoms with Gasteiger partial charge in [0, 0.05) is 27.2 Å². The Bertz CT molecular complexity index is 2930. The average molecular weight is 1040 g/mol. The predicted octanol–water partition coefficient (Wildman–Crippen LogP) is 11.5. The van der Waals surface area contributed by atoms with Crippen molar-refractivity contribution in [1.29, 1.82) is 0 Å². The molecule has 382 valence electrons. The lowest BCUT2D eigenvalue weighted by Gasteiger charge is -2.19. The van der Waals surface area contributed by atoms with Crippen molar-refractivity contribution >= 4 is 56.6 Å². The van der Waals surface area contributed by atoms with Crippen LogP contribution in [0.5, 0.6) is 0 Å². The number of carboxylic acid groups (broad SMARTS) is 1. The largest absolute Gasteiger partial charge is 0.481 e. The molecule has 3 aliphatic carbocycles. The molecule has 6 aromatic carbocycles. The summed E-state index contributed by atoms with van der Waals surface area (Å²) in [5, 5.41) is 11.3. The van der Waals surface area contributed by atoms with Crippen molar-refractivity contribution in [1.82, 2.24) is 0 Å². The van der Waals surface area contributed by atoms with Crippen molar-refractivity contribution in [2.24, 2.45) is 15.1 Å². The fourth-order valence-electron chi connectivity index (χ4n) is 7.88. The molecule has 3 fully saturated rings. The van der Waals surface area contributed by atoms with Crippen LogP contribution in [0.3, 0.4) is 0 Å². The van der Waals surface area contributed by atoms with E-state index in [0.717, 1.165) is 58.3 Å². The number of rotatable bonds is 17. The van der Waals surface area contributed by atoms with Crippen LogP contribution in [-0.2, 0) is 38.2 Å². The Hall–Kier alpha value is -7.68. The number of benzene rings is 6. The summed E-state index contributed by atoms with van der Waals surface area (Å²) in [6, 6.07) is 59.0. The van der Waals surface area contributed by atoms with Gasteiger partial charge in [-0.05, 0) is 60.8 Å². The van der Waals surface area contributed by atoms with Crippen LogP contribution in [0.15, 0.2) is 204 Å². The minimum Gasteiger partial charge on any atom is -0.481 e. The number of carboxylic acids is 1. The zero-order chi connectivity index (χ0) is 53.2. The number of carbonyl (C=O) groups is 3. The number of halogens is 1. The van der Waals surface area contributed by atoms with Crippen LogP contribution in [0.25, 0.3) is 16.0 Å². The molecule has 0 saturated heterocycles. The van der Waals surface area contributed by atoms with Gasteiger partial charge < -0.3 is 14.6 Å². The summed E-state index contributed by atoms with van der Waals surface area (Å²) >= 11 is 6.32. The van der Waals surface area contributed by atoms with Crippen LogP contribution in [0, 0.1) is 0 Å². The Balaban J connectivity index is 0.000000168. The number of hydrogen-bond donors (Lipinski definition) is 1. The Morgan fingerprint density at radius 1 is 0.595 bits per heavy atom. The van der Waals surface area contributed by atoms with Gasteiger partial charge in [0.25, 0.3) is 10.1 Å². The Kier molecular flexibility index (Phi) is 19.4. The number of esters is 2. The topological polar surface area (TPSA) is 207 Å². The van der Waals surface area contributed by atoms with E-state index in [1.54, 1.807) is 0 Å². The molecule has 0 aromatic heterocycles. The predicted molar refractivity (Wildman–Crippen MR) is 289 cm³/mol. The van der Waals surface area contributed by atoms with E-state index >= 15 is 0 Å². The van der Waals surface area contributed by atoms with Gasteiger partial charge in [0.05, 0.1) is 55.0 Å². The van der Waals surface area contributed by atoms with Gasteiger partial charge >= 0.3 is 17.9 Å². The normalized spacial score (nSPS) is 15.4. The maximum absolute atomic E-state index is 12.1. The molecule has 6 aromatic rings. The molecule has 0 aliphatic heterocycles. The van der Waals surface area contributed by atoms with Crippen LogP contribution < -0.4 is 0 Å². The third-order valence-electron chi connectivity index (χ3n) is 12.2. The maximum Gasteiger partial charge on any atom is 0.326 e. The molecule has 0 amide bonds. The molecule has 3 saturated carbocycles. The highest BCUT2D eigenvalue weighted by Crippen LogP contribution is 2.47. The molecule has 0 bridgehead atoms. The maximum atomic E-state index is 12.1. The smallest absolute Gasteiger partial charge is 0.326 e. The quantitative estimate of drug-likeness (QED) is 0.0175. The number of azide groups is 1. The molecule has 14 nitrogen and oxygen atoms in total. The van der Waals surface area contributed by atoms with Gasteiger partial charge in [-0.2, -0.15) is 8.42 Å². The summed E-state index contributed by atoms with van der Waals surface area (Å²) < 4.78 is 35.5. The number of carbonyl (C=O) groups excluding carboxylic acids is 2. The number of hydrogen-bond acceptors (Lipinski definition) is 11. The van der Waals surface area contributed by atoms with Gasteiger partial charge in [0.15, 0.2) is 11.4 Å². The molecule has 2 atom stereocenters. The lowest BCUT2D eigenvalue weighted by molar-refractivity contribution is -0.143. The molecule has 0 spiro atoms. The number of aliphatic imine (C=N–C) groups is 2. The summed E-state index contributed by atoms with van der Waals surface area (Å²) in [4.78, 5) is 46.8. The van der Waals surface area contributed by atoms with Crippen LogP contribution in [0.4, 0.5) is 0 Å². The highest BCUT2D eigenvalue weighted by atomic mass is 35.5. The van der Waals surface area contributed by atoms with Gasteiger partial charge in [-0.1, -0.05) is 194 Å². The lowest BCUT2D eigenvalue weighted by atomic mass is 10.0. The summed E-state index contributed by atoms with van der Waals surface area (Å²) in [5.41, 5.74) is 15.6.